The number of hydrogen-bond donors (Lipinski definition) is 2. The van der Waals surface area contributed by atoms with Crippen LogP contribution in [0.1, 0.15) is 25.2 Å². The van der Waals surface area contributed by atoms with Crippen LogP contribution in [0.2, 0.25) is 0 Å². The van der Waals surface area contributed by atoms with Gasteiger partial charge in [-0.25, -0.2) is 4.98 Å². The highest BCUT2D eigenvalue weighted by Crippen LogP contribution is 2.22. The molecule has 1 aromatic heterocycles. The van der Waals surface area contributed by atoms with E-state index >= 15 is 0 Å². The molecule has 0 radical (unpaired) electrons. The summed E-state index contributed by atoms with van der Waals surface area (Å²) < 4.78 is 5.46. The van der Waals surface area contributed by atoms with Gasteiger partial charge in [0, 0.05) is 6.54 Å². The van der Waals surface area contributed by atoms with Gasteiger partial charge in [0.1, 0.15) is 23.2 Å². The molecule has 0 saturated carbocycles. The number of likely N-dealkylation sites (N-methyl/N-ethyl adjacent to an activating group) is 1. The highest BCUT2D eigenvalue weighted by atomic mass is 16.5. The lowest BCUT2D eigenvalue weighted by Crippen LogP contribution is -2.31. The number of para-hydroxylation sites is 2. The third-order valence-corrected chi connectivity index (χ3v) is 4.72. The Labute approximate surface area is 164 Å². The molecule has 0 bridgehead atoms. The fourth-order valence-electron chi connectivity index (χ4n) is 3.00. The molecule has 0 saturated heterocycles. The SMILES string of the molecule is CCOc1ccc(CN(C)[C@@H](C)/C(O)=C(\C#N)c2nc3ccccc3[nH]2)cc1. The maximum absolute atomic E-state index is 10.8. The average Bonchev–Trinajstić information content (AvgIpc) is 3.13. The Morgan fingerprint density at radius 3 is 2.61 bits per heavy atom. The zero-order chi connectivity index (χ0) is 20.1. The van der Waals surface area contributed by atoms with E-state index in [4.69, 9.17) is 4.74 Å². The fourth-order valence-corrected chi connectivity index (χ4v) is 3.00. The van der Waals surface area contributed by atoms with Gasteiger partial charge in [0.15, 0.2) is 5.82 Å². The van der Waals surface area contributed by atoms with Crippen LogP contribution in [0.15, 0.2) is 54.3 Å². The molecule has 0 aliphatic carbocycles. The zero-order valence-corrected chi connectivity index (χ0v) is 16.3. The van der Waals surface area contributed by atoms with Crippen LogP contribution >= 0.6 is 0 Å². The molecule has 3 aromatic rings. The number of hydrogen-bond acceptors (Lipinski definition) is 5. The molecule has 0 amide bonds. The first-order chi connectivity index (χ1) is 13.5. The predicted octanol–water partition coefficient (Wildman–Crippen LogP) is 4.27. The maximum Gasteiger partial charge on any atom is 0.152 e. The summed E-state index contributed by atoms with van der Waals surface area (Å²) in [6.07, 6.45) is 0. The van der Waals surface area contributed by atoms with E-state index < -0.39 is 0 Å². The molecule has 144 valence electrons. The van der Waals surface area contributed by atoms with Crippen LogP contribution in [-0.2, 0) is 6.54 Å². The number of H-pyrrole nitrogens is 1. The van der Waals surface area contributed by atoms with Crippen molar-refractivity contribution in [2.75, 3.05) is 13.7 Å². The Balaban J connectivity index is 1.80. The quantitative estimate of drug-likeness (QED) is 0.475. The van der Waals surface area contributed by atoms with Crippen LogP contribution in [0.25, 0.3) is 16.6 Å². The summed E-state index contributed by atoms with van der Waals surface area (Å²) in [5.74, 6) is 1.21. The highest BCUT2D eigenvalue weighted by molar-refractivity contribution is 5.83. The van der Waals surface area contributed by atoms with E-state index in [0.29, 0.717) is 19.0 Å². The minimum Gasteiger partial charge on any atom is -0.509 e. The largest absolute Gasteiger partial charge is 0.509 e. The summed E-state index contributed by atoms with van der Waals surface area (Å²) in [6.45, 7) is 5.07. The smallest absolute Gasteiger partial charge is 0.152 e. The first kappa shape index (κ1) is 19.5. The number of rotatable bonds is 7. The molecular weight excluding hydrogens is 352 g/mol. The Hall–Kier alpha value is -3.30. The van der Waals surface area contributed by atoms with Gasteiger partial charge in [-0.05, 0) is 50.7 Å². The van der Waals surface area contributed by atoms with Gasteiger partial charge >= 0.3 is 0 Å². The molecule has 1 heterocycles. The Bertz CT molecular complexity index is 982. The van der Waals surface area contributed by atoms with E-state index in [1.807, 2.05) is 74.3 Å². The van der Waals surface area contributed by atoms with Crippen LogP contribution in [0.3, 0.4) is 0 Å². The molecule has 0 unspecified atom stereocenters. The van der Waals surface area contributed by atoms with E-state index in [1.54, 1.807) is 0 Å². The molecule has 2 N–H and O–H groups in total. The van der Waals surface area contributed by atoms with Gasteiger partial charge in [0.05, 0.1) is 23.7 Å². The highest BCUT2D eigenvalue weighted by Gasteiger charge is 2.21. The van der Waals surface area contributed by atoms with E-state index in [9.17, 15) is 10.4 Å². The molecule has 28 heavy (non-hydrogen) atoms. The fraction of sp³-hybridized carbons (Fsp3) is 0.273. The number of ether oxygens (including phenoxy) is 1. The number of aromatic amines is 1. The number of benzene rings is 2. The van der Waals surface area contributed by atoms with Gasteiger partial charge in [-0.2, -0.15) is 5.26 Å². The van der Waals surface area contributed by atoms with Gasteiger partial charge in [-0.15, -0.1) is 0 Å². The molecular formula is C22H24N4O2. The summed E-state index contributed by atoms with van der Waals surface area (Å²) in [5, 5.41) is 20.4. The number of nitrogens with one attached hydrogen (secondary N) is 1. The molecule has 3 rings (SSSR count). The second kappa shape index (κ2) is 8.59. The van der Waals surface area contributed by atoms with E-state index in [1.165, 1.54) is 0 Å². The second-order valence-corrected chi connectivity index (χ2v) is 6.64. The number of aliphatic hydroxyl groups is 1. The summed E-state index contributed by atoms with van der Waals surface area (Å²) in [6, 6.07) is 17.1. The van der Waals surface area contributed by atoms with Crippen molar-refractivity contribution in [3.63, 3.8) is 0 Å². The Kier molecular flexibility index (Phi) is 5.97. The third-order valence-electron chi connectivity index (χ3n) is 4.72. The minimum atomic E-state index is -0.352. The molecule has 0 spiro atoms. The summed E-state index contributed by atoms with van der Waals surface area (Å²) in [5.41, 5.74) is 2.83. The number of aromatic nitrogens is 2. The van der Waals surface area contributed by atoms with E-state index in [0.717, 1.165) is 22.3 Å². The monoisotopic (exact) mass is 376 g/mol. The summed E-state index contributed by atoms with van der Waals surface area (Å²) in [4.78, 5) is 9.51. The van der Waals surface area contributed by atoms with Crippen LogP contribution < -0.4 is 4.74 Å². The number of allylic oxidation sites excluding steroid dienone is 1. The van der Waals surface area contributed by atoms with Gasteiger partial charge in [-0.3, -0.25) is 4.90 Å². The van der Waals surface area contributed by atoms with Crippen molar-refractivity contribution in [3.05, 3.63) is 65.7 Å². The van der Waals surface area contributed by atoms with Gasteiger partial charge in [-0.1, -0.05) is 24.3 Å². The Morgan fingerprint density at radius 1 is 1.25 bits per heavy atom. The zero-order valence-electron chi connectivity index (χ0n) is 16.3. The lowest BCUT2D eigenvalue weighted by Gasteiger charge is -2.24. The van der Waals surface area contributed by atoms with Crippen molar-refractivity contribution >= 4 is 16.6 Å². The lowest BCUT2D eigenvalue weighted by molar-refractivity contribution is 0.217. The van der Waals surface area contributed by atoms with Crippen molar-refractivity contribution < 1.29 is 9.84 Å². The van der Waals surface area contributed by atoms with Crippen molar-refractivity contribution in [2.45, 2.75) is 26.4 Å². The van der Waals surface area contributed by atoms with Crippen LogP contribution in [0.4, 0.5) is 0 Å². The van der Waals surface area contributed by atoms with E-state index in [2.05, 4.69) is 16.0 Å². The maximum atomic E-state index is 10.8. The second-order valence-electron chi connectivity index (χ2n) is 6.64. The van der Waals surface area contributed by atoms with Crippen LogP contribution in [-0.4, -0.2) is 39.7 Å². The molecule has 1 atom stereocenters. The van der Waals surface area contributed by atoms with E-state index in [-0.39, 0.29) is 17.4 Å². The molecule has 6 nitrogen and oxygen atoms in total. The minimum absolute atomic E-state index is 0.00464. The van der Waals surface area contributed by atoms with Crippen molar-refractivity contribution in [1.29, 1.82) is 5.26 Å². The number of nitriles is 1. The first-order valence-electron chi connectivity index (χ1n) is 9.23. The summed E-state index contributed by atoms with van der Waals surface area (Å²) >= 11 is 0. The third kappa shape index (κ3) is 4.16. The first-order valence-corrected chi connectivity index (χ1v) is 9.23. The average molecular weight is 376 g/mol. The van der Waals surface area contributed by atoms with Gasteiger partial charge < -0.3 is 14.8 Å². The van der Waals surface area contributed by atoms with Crippen LogP contribution in [0.5, 0.6) is 5.75 Å². The predicted molar refractivity (Wildman–Crippen MR) is 110 cm³/mol. The lowest BCUT2D eigenvalue weighted by atomic mass is 10.1. The molecule has 2 aromatic carbocycles. The topological polar surface area (TPSA) is 85.2 Å². The number of aliphatic hydroxyl groups excluding tert-OH is 1. The standard InChI is InChI=1S/C22H24N4O2/c1-4-28-17-11-9-16(10-12-17)14-26(3)15(2)21(27)18(13-23)22-24-19-7-5-6-8-20(19)25-22/h5-12,15,27H,4,14H2,1-3H3,(H,24,25)/b21-18-/t15-/m0/s1. The molecule has 0 aliphatic rings. The van der Waals surface area contributed by atoms with Crippen molar-refractivity contribution in [1.82, 2.24) is 14.9 Å². The number of nitrogens with zero attached hydrogens (tertiary/aromatic N) is 3. The molecule has 0 fully saturated rings. The summed E-state index contributed by atoms with van der Waals surface area (Å²) in [7, 11) is 1.91. The Morgan fingerprint density at radius 2 is 1.96 bits per heavy atom. The van der Waals surface area contributed by atoms with Crippen molar-refractivity contribution in [3.8, 4) is 11.8 Å². The number of imidazole rings is 1. The van der Waals surface area contributed by atoms with Gasteiger partial charge in [0.25, 0.3) is 0 Å². The number of fused-ring (bicyclic) bond motifs is 1. The normalized spacial score (nSPS) is 13.2. The molecule has 6 heteroatoms. The van der Waals surface area contributed by atoms with Gasteiger partial charge in [0.2, 0.25) is 0 Å². The van der Waals surface area contributed by atoms with Crippen LogP contribution in [0, 0.1) is 11.3 Å². The molecule has 0 aliphatic heterocycles. The van der Waals surface area contributed by atoms with Crippen molar-refractivity contribution in [2.24, 2.45) is 0 Å².